The summed E-state index contributed by atoms with van der Waals surface area (Å²) >= 11 is 3.21. The number of aromatic nitrogens is 2. The first-order valence-corrected chi connectivity index (χ1v) is 8.72. The fourth-order valence-corrected chi connectivity index (χ4v) is 3.44. The SMILES string of the molecule is O=C1c2nc(Br)c(-c3ccc(OC(F)(F)F)cc3)n2CN1CCCC(F)(F)F. The van der Waals surface area contributed by atoms with E-state index in [0.29, 0.717) is 15.9 Å². The van der Waals surface area contributed by atoms with E-state index in [4.69, 9.17) is 0 Å². The number of carbonyl (C=O) groups is 1. The Balaban J connectivity index is 1.78. The monoisotopic (exact) mass is 471 g/mol. The van der Waals surface area contributed by atoms with Crippen molar-refractivity contribution in [3.63, 3.8) is 0 Å². The molecule has 1 aliphatic rings. The molecule has 0 saturated heterocycles. The Labute approximate surface area is 163 Å². The molecule has 152 valence electrons. The quantitative estimate of drug-likeness (QED) is 0.578. The number of fused-ring (bicyclic) bond motifs is 1. The number of alkyl halides is 6. The van der Waals surface area contributed by atoms with Gasteiger partial charge in [-0.2, -0.15) is 13.2 Å². The molecule has 0 fully saturated rings. The highest BCUT2D eigenvalue weighted by Gasteiger charge is 2.35. The minimum Gasteiger partial charge on any atom is -0.406 e. The van der Waals surface area contributed by atoms with Gasteiger partial charge in [0.05, 0.1) is 12.4 Å². The standard InChI is InChI=1S/C16H12BrF6N3O2/c17-12-11(9-2-4-10(5-3-9)28-16(21,22)23)26-8-25(14(27)13(26)24-12)7-1-6-15(18,19)20/h2-5H,1,6-8H2. The van der Waals surface area contributed by atoms with Crippen LogP contribution in [0.15, 0.2) is 28.9 Å². The van der Waals surface area contributed by atoms with Crippen LogP contribution < -0.4 is 4.74 Å². The van der Waals surface area contributed by atoms with Gasteiger partial charge in [-0.1, -0.05) is 0 Å². The molecule has 1 amide bonds. The van der Waals surface area contributed by atoms with Crippen LogP contribution in [0.4, 0.5) is 26.3 Å². The molecule has 0 spiro atoms. The zero-order chi connectivity index (χ0) is 20.7. The molecule has 0 unspecified atom stereocenters. The number of ether oxygens (including phenoxy) is 1. The van der Waals surface area contributed by atoms with Crippen LogP contribution in [0.5, 0.6) is 5.75 Å². The maximum Gasteiger partial charge on any atom is 0.573 e. The molecule has 0 aliphatic carbocycles. The van der Waals surface area contributed by atoms with Gasteiger partial charge in [-0.25, -0.2) is 4.98 Å². The smallest absolute Gasteiger partial charge is 0.406 e. The van der Waals surface area contributed by atoms with Gasteiger partial charge < -0.3 is 14.2 Å². The lowest BCUT2D eigenvalue weighted by Crippen LogP contribution is -2.27. The number of rotatable bonds is 5. The lowest BCUT2D eigenvalue weighted by Gasteiger charge is -2.16. The Morgan fingerprint density at radius 1 is 1.11 bits per heavy atom. The first-order valence-electron chi connectivity index (χ1n) is 7.93. The zero-order valence-corrected chi connectivity index (χ0v) is 15.5. The van der Waals surface area contributed by atoms with Crippen molar-refractivity contribution in [2.45, 2.75) is 32.0 Å². The number of nitrogens with zero attached hydrogens (tertiary/aromatic N) is 3. The van der Waals surface area contributed by atoms with E-state index in [2.05, 4.69) is 25.7 Å². The minimum absolute atomic E-state index is 0.000754. The highest BCUT2D eigenvalue weighted by molar-refractivity contribution is 9.10. The molecular weight excluding hydrogens is 460 g/mol. The largest absolute Gasteiger partial charge is 0.573 e. The van der Waals surface area contributed by atoms with E-state index in [9.17, 15) is 31.1 Å². The molecule has 28 heavy (non-hydrogen) atoms. The first kappa shape index (κ1) is 20.5. The summed E-state index contributed by atoms with van der Waals surface area (Å²) < 4.78 is 79.3. The van der Waals surface area contributed by atoms with E-state index >= 15 is 0 Å². The van der Waals surface area contributed by atoms with E-state index < -0.39 is 30.6 Å². The third kappa shape index (κ3) is 4.59. The van der Waals surface area contributed by atoms with Gasteiger partial charge in [0.2, 0.25) is 5.82 Å². The number of benzene rings is 1. The topological polar surface area (TPSA) is 47.4 Å². The van der Waals surface area contributed by atoms with Crippen LogP contribution in [-0.2, 0) is 6.67 Å². The average Bonchev–Trinajstić information content (AvgIpc) is 3.02. The highest BCUT2D eigenvalue weighted by Crippen LogP contribution is 2.34. The summed E-state index contributed by atoms with van der Waals surface area (Å²) in [7, 11) is 0. The summed E-state index contributed by atoms with van der Waals surface area (Å²) in [5, 5.41) is 0. The predicted octanol–water partition coefficient (Wildman–Crippen LogP) is 4.97. The van der Waals surface area contributed by atoms with Gasteiger partial charge >= 0.3 is 12.5 Å². The molecule has 12 heteroatoms. The Bertz CT molecular complexity index is 876. The van der Waals surface area contributed by atoms with Gasteiger partial charge in [0, 0.05) is 18.5 Å². The van der Waals surface area contributed by atoms with E-state index in [0.717, 1.165) is 12.1 Å². The average molecular weight is 472 g/mol. The fourth-order valence-electron chi connectivity index (χ4n) is 2.83. The van der Waals surface area contributed by atoms with Crippen molar-refractivity contribution in [2.75, 3.05) is 6.54 Å². The van der Waals surface area contributed by atoms with Gasteiger partial charge in [-0.15, -0.1) is 13.2 Å². The van der Waals surface area contributed by atoms with E-state index in [-0.39, 0.29) is 25.5 Å². The van der Waals surface area contributed by atoms with Crippen molar-refractivity contribution < 1.29 is 35.9 Å². The normalized spacial score (nSPS) is 14.5. The van der Waals surface area contributed by atoms with Gasteiger partial charge in [-0.3, -0.25) is 4.79 Å². The number of carbonyl (C=O) groups excluding carboxylic acids is 1. The molecule has 2 aromatic rings. The van der Waals surface area contributed by atoms with Crippen molar-refractivity contribution in [3.05, 3.63) is 34.7 Å². The molecule has 0 radical (unpaired) electrons. The summed E-state index contributed by atoms with van der Waals surface area (Å²) in [6.45, 7) is -0.0854. The lowest BCUT2D eigenvalue weighted by atomic mass is 10.1. The summed E-state index contributed by atoms with van der Waals surface area (Å²) in [4.78, 5) is 17.7. The second-order valence-corrected chi connectivity index (χ2v) is 6.75. The van der Waals surface area contributed by atoms with Gasteiger partial charge in [-0.05, 0) is 46.6 Å². The third-order valence-corrected chi connectivity index (χ3v) is 4.52. The van der Waals surface area contributed by atoms with Gasteiger partial charge in [0.1, 0.15) is 10.4 Å². The molecule has 0 saturated carbocycles. The highest BCUT2D eigenvalue weighted by atomic mass is 79.9. The number of halogens is 7. The Hall–Kier alpha value is -2.24. The summed E-state index contributed by atoms with van der Waals surface area (Å²) in [6.07, 6.45) is -10.4. The number of hydrogen-bond acceptors (Lipinski definition) is 3. The molecule has 1 aromatic carbocycles. The van der Waals surface area contributed by atoms with E-state index in [1.807, 2.05) is 0 Å². The van der Waals surface area contributed by atoms with Crippen molar-refractivity contribution in [3.8, 4) is 17.0 Å². The molecule has 0 atom stereocenters. The molecule has 1 aromatic heterocycles. The van der Waals surface area contributed by atoms with Crippen molar-refractivity contribution >= 4 is 21.8 Å². The molecule has 3 rings (SSSR count). The Morgan fingerprint density at radius 2 is 1.75 bits per heavy atom. The summed E-state index contributed by atoms with van der Waals surface area (Å²) in [6, 6.07) is 4.97. The molecular formula is C16H12BrF6N3O2. The zero-order valence-electron chi connectivity index (χ0n) is 13.9. The number of hydrogen-bond donors (Lipinski definition) is 0. The number of imidazole rings is 1. The maximum atomic E-state index is 12.4. The predicted molar refractivity (Wildman–Crippen MR) is 88.4 cm³/mol. The van der Waals surface area contributed by atoms with E-state index in [1.54, 1.807) is 0 Å². The summed E-state index contributed by atoms with van der Waals surface area (Å²) in [5.41, 5.74) is 0.894. The second-order valence-electron chi connectivity index (χ2n) is 6.00. The minimum atomic E-state index is -4.82. The van der Waals surface area contributed by atoms with Crippen LogP contribution in [0.1, 0.15) is 23.5 Å². The van der Waals surface area contributed by atoms with Crippen LogP contribution in [0.3, 0.4) is 0 Å². The van der Waals surface area contributed by atoms with Crippen molar-refractivity contribution in [1.29, 1.82) is 0 Å². The Morgan fingerprint density at radius 3 is 2.32 bits per heavy atom. The molecule has 5 nitrogen and oxygen atoms in total. The summed E-state index contributed by atoms with van der Waals surface area (Å²) in [5.74, 6) is -0.867. The van der Waals surface area contributed by atoms with Gasteiger partial charge in [0.15, 0.2) is 0 Å². The van der Waals surface area contributed by atoms with E-state index in [1.165, 1.54) is 21.6 Å². The molecule has 0 bridgehead atoms. The lowest BCUT2D eigenvalue weighted by molar-refractivity contribution is -0.274. The van der Waals surface area contributed by atoms with Gasteiger partial charge in [0.25, 0.3) is 5.91 Å². The molecule has 1 aliphatic heterocycles. The fraction of sp³-hybridized carbons (Fsp3) is 0.375. The maximum absolute atomic E-state index is 12.4. The van der Waals surface area contributed by atoms with Crippen LogP contribution in [0.2, 0.25) is 0 Å². The van der Waals surface area contributed by atoms with Crippen LogP contribution in [-0.4, -0.2) is 39.4 Å². The van der Waals surface area contributed by atoms with Crippen LogP contribution in [0.25, 0.3) is 11.3 Å². The van der Waals surface area contributed by atoms with Crippen LogP contribution >= 0.6 is 15.9 Å². The first-order chi connectivity index (χ1) is 12.9. The number of amides is 1. The molecule has 2 heterocycles. The Kier molecular flexibility index (Phi) is 5.34. The van der Waals surface area contributed by atoms with Crippen molar-refractivity contribution in [1.82, 2.24) is 14.5 Å². The second kappa shape index (κ2) is 7.30. The van der Waals surface area contributed by atoms with Crippen LogP contribution in [0, 0.1) is 0 Å². The van der Waals surface area contributed by atoms with Crippen molar-refractivity contribution in [2.24, 2.45) is 0 Å². The molecule has 0 N–H and O–H groups in total. The third-order valence-electron chi connectivity index (χ3n) is 3.97.